The summed E-state index contributed by atoms with van der Waals surface area (Å²) in [6.07, 6.45) is 6.28. The number of nitrogens with one attached hydrogen (secondary N) is 3. The molecule has 0 atom stereocenters. The molecule has 1 rings (SSSR count). The van der Waals surface area contributed by atoms with E-state index in [1.54, 1.807) is 19.2 Å². The highest BCUT2D eigenvalue weighted by Crippen LogP contribution is 2.19. The van der Waals surface area contributed by atoms with Crippen molar-refractivity contribution in [3.63, 3.8) is 0 Å². The zero-order valence-electron chi connectivity index (χ0n) is 18.5. The first-order valence-electron chi connectivity index (χ1n) is 9.95. The Morgan fingerprint density at radius 3 is 2.35 bits per heavy atom. The Labute approximate surface area is 189 Å². The number of amides is 2. The van der Waals surface area contributed by atoms with E-state index in [0.29, 0.717) is 43.5 Å². The van der Waals surface area contributed by atoms with Crippen LogP contribution in [0.25, 0.3) is 0 Å². The van der Waals surface area contributed by atoms with Crippen LogP contribution in [0.3, 0.4) is 0 Å². The first-order chi connectivity index (χ1) is 14.6. The van der Waals surface area contributed by atoms with Crippen LogP contribution in [-0.4, -0.2) is 73.6 Å². The summed E-state index contributed by atoms with van der Waals surface area (Å²) in [6, 6.07) is 0. The Kier molecular flexibility index (Phi) is 10.7. The van der Waals surface area contributed by atoms with Gasteiger partial charge in [-0.1, -0.05) is 43.0 Å². The molecule has 31 heavy (non-hydrogen) atoms. The minimum Gasteiger partial charge on any atom is -0.381 e. The van der Waals surface area contributed by atoms with Crippen molar-refractivity contribution in [3.05, 3.63) is 47.8 Å². The van der Waals surface area contributed by atoms with E-state index in [2.05, 4.69) is 39.1 Å². The summed E-state index contributed by atoms with van der Waals surface area (Å²) in [5, 5.41) is 8.52. The van der Waals surface area contributed by atoms with E-state index >= 15 is 0 Å². The predicted octanol–water partition coefficient (Wildman–Crippen LogP) is 1.75. The molecule has 5 N–H and O–H groups in total. The molecule has 0 aliphatic carbocycles. The van der Waals surface area contributed by atoms with Gasteiger partial charge in [-0.3, -0.25) is 9.59 Å². The molecule has 1 heterocycles. The number of quaternary nitrogens is 1. The maximum absolute atomic E-state index is 12.4. The predicted molar refractivity (Wildman–Crippen MR) is 126 cm³/mol. The first-order valence-corrected chi connectivity index (χ1v) is 10.3. The molecular weight excluding hydrogens is 418 g/mol. The van der Waals surface area contributed by atoms with Gasteiger partial charge in [0, 0.05) is 13.5 Å². The molecule has 0 radical (unpaired) electrons. The normalized spacial score (nSPS) is 11.5. The monoisotopic (exact) mass is 450 g/mol. The molecule has 0 aliphatic heterocycles. The van der Waals surface area contributed by atoms with E-state index in [1.165, 1.54) is 0 Å². The second kappa shape index (κ2) is 12.7. The van der Waals surface area contributed by atoms with Crippen molar-refractivity contribution in [2.45, 2.75) is 12.8 Å². The smallest absolute Gasteiger partial charge is 0.274 e. The maximum Gasteiger partial charge on any atom is 0.274 e. The van der Waals surface area contributed by atoms with Gasteiger partial charge in [-0.05, 0) is 12.0 Å². The molecule has 170 valence electrons. The third-order valence-corrected chi connectivity index (χ3v) is 4.88. The summed E-state index contributed by atoms with van der Waals surface area (Å²) in [6.45, 7) is 9.71. The number of nitrogens with two attached hydrogens (primary N) is 1. The largest absolute Gasteiger partial charge is 0.381 e. The highest BCUT2D eigenvalue weighted by Gasteiger charge is 2.19. The molecule has 2 amide bonds. The Morgan fingerprint density at radius 2 is 1.77 bits per heavy atom. The average molecular weight is 451 g/mol. The number of anilines is 2. The number of allylic oxidation sites excluding steroid dienone is 4. The van der Waals surface area contributed by atoms with Crippen LogP contribution < -0.4 is 21.7 Å². The lowest BCUT2D eigenvalue weighted by Crippen LogP contribution is -2.49. The van der Waals surface area contributed by atoms with Gasteiger partial charge in [0.15, 0.2) is 22.5 Å². The number of rotatable bonds is 13. The van der Waals surface area contributed by atoms with Crippen molar-refractivity contribution in [1.29, 1.82) is 0 Å². The fourth-order valence-corrected chi connectivity index (χ4v) is 2.80. The molecule has 9 nitrogen and oxygen atoms in total. The summed E-state index contributed by atoms with van der Waals surface area (Å²) in [5.74, 6) is -0.0839. The minimum absolute atomic E-state index is 0.0106. The van der Waals surface area contributed by atoms with Crippen LogP contribution in [0.2, 0.25) is 5.15 Å². The van der Waals surface area contributed by atoms with Gasteiger partial charge in [0.2, 0.25) is 5.91 Å². The van der Waals surface area contributed by atoms with Crippen LogP contribution in [-0.2, 0) is 4.79 Å². The zero-order valence-corrected chi connectivity index (χ0v) is 19.3. The first kappa shape index (κ1) is 26.1. The van der Waals surface area contributed by atoms with Gasteiger partial charge in [-0.25, -0.2) is 9.97 Å². The highest BCUT2D eigenvalue weighted by atomic mass is 35.5. The molecule has 1 aromatic heterocycles. The second-order valence-corrected chi connectivity index (χ2v) is 7.88. The van der Waals surface area contributed by atoms with E-state index < -0.39 is 5.91 Å². The molecule has 10 heteroatoms. The van der Waals surface area contributed by atoms with Crippen LogP contribution in [0.4, 0.5) is 11.6 Å². The third kappa shape index (κ3) is 9.18. The highest BCUT2D eigenvalue weighted by molar-refractivity contribution is 6.31. The van der Waals surface area contributed by atoms with Crippen LogP contribution in [0, 0.1) is 0 Å². The number of nitrogens with zero attached hydrogens (tertiary/aromatic N) is 3. The fraction of sp³-hybridized carbons (Fsp3) is 0.429. The Balaban J connectivity index is 2.43. The van der Waals surface area contributed by atoms with Crippen molar-refractivity contribution in [2.75, 3.05) is 58.4 Å². The average Bonchev–Trinajstić information content (AvgIpc) is 2.72. The molecular formula is C21H33ClN7O2+. The maximum atomic E-state index is 12.4. The van der Waals surface area contributed by atoms with Gasteiger partial charge in [0.1, 0.15) is 0 Å². The summed E-state index contributed by atoms with van der Waals surface area (Å²) < 4.78 is 0.613. The van der Waals surface area contributed by atoms with Crippen LogP contribution in [0.5, 0.6) is 0 Å². The van der Waals surface area contributed by atoms with Crippen molar-refractivity contribution in [2.24, 2.45) is 0 Å². The van der Waals surface area contributed by atoms with E-state index in [9.17, 15) is 9.59 Å². The topological polar surface area (TPSA) is 122 Å². The molecule has 0 fully saturated rings. The van der Waals surface area contributed by atoms with Gasteiger partial charge in [-0.15, -0.1) is 0 Å². The zero-order chi connectivity index (χ0) is 23.4. The van der Waals surface area contributed by atoms with Gasteiger partial charge >= 0.3 is 0 Å². The van der Waals surface area contributed by atoms with Gasteiger partial charge < -0.3 is 26.2 Å². The van der Waals surface area contributed by atoms with Crippen LogP contribution in [0.15, 0.2) is 37.0 Å². The summed E-state index contributed by atoms with van der Waals surface area (Å²) in [5.41, 5.74) is 6.69. The fourth-order valence-electron chi connectivity index (χ4n) is 2.68. The van der Waals surface area contributed by atoms with Gasteiger partial charge in [0.05, 0.1) is 40.3 Å². The molecule has 0 bridgehead atoms. The summed E-state index contributed by atoms with van der Waals surface area (Å²) >= 11 is 5.88. The molecule has 0 saturated heterocycles. The van der Waals surface area contributed by atoms with Gasteiger partial charge in [0.25, 0.3) is 5.91 Å². The van der Waals surface area contributed by atoms with Gasteiger partial charge in [-0.2, -0.15) is 0 Å². The minimum atomic E-state index is -0.391. The number of nitrogen functional groups attached to an aromatic ring is 1. The van der Waals surface area contributed by atoms with Crippen molar-refractivity contribution >= 4 is 35.1 Å². The number of likely N-dealkylation sites (N-methyl/N-ethyl adjacent to an activating group) is 1. The lowest BCUT2D eigenvalue weighted by atomic mass is 10.1. The molecule has 0 unspecified atom stereocenters. The van der Waals surface area contributed by atoms with Crippen molar-refractivity contribution < 1.29 is 14.1 Å². The lowest BCUT2D eigenvalue weighted by molar-refractivity contribution is -0.887. The SMILES string of the molecule is C=C/C=C(\C=C)CCC(=O)NCC[N+](C)(C)CCNC(=O)c1nc(Cl)c(N)nc1NC. The van der Waals surface area contributed by atoms with E-state index in [0.717, 1.165) is 5.57 Å². The van der Waals surface area contributed by atoms with E-state index in [4.69, 9.17) is 17.3 Å². The molecule has 0 aliphatic rings. The summed E-state index contributed by atoms with van der Waals surface area (Å²) in [4.78, 5) is 32.5. The van der Waals surface area contributed by atoms with Crippen LogP contribution in [0.1, 0.15) is 23.3 Å². The Morgan fingerprint density at radius 1 is 1.13 bits per heavy atom. The Hall–Kier alpha value is -2.91. The standard InChI is InChI=1S/C21H32ClN7O2/c1-6-8-15(7-2)9-10-16(30)25-11-13-29(4,5)14-12-26-21(31)17-20(24-3)28-19(23)18(22)27-17/h6-8H,1-2,9-14H2,3-5H3,(H4-,23,24,25,26,28,30,31)/p+1/b15-8+. The number of aromatic nitrogens is 2. The number of halogens is 1. The molecule has 0 saturated carbocycles. The van der Waals surface area contributed by atoms with Crippen molar-refractivity contribution in [1.82, 2.24) is 20.6 Å². The number of carbonyl (C=O) groups excluding carboxylic acids is 2. The quantitative estimate of drug-likeness (QED) is 0.268. The third-order valence-electron chi connectivity index (χ3n) is 4.61. The van der Waals surface area contributed by atoms with Crippen LogP contribution >= 0.6 is 11.6 Å². The second-order valence-electron chi connectivity index (χ2n) is 7.52. The summed E-state index contributed by atoms with van der Waals surface area (Å²) in [7, 11) is 5.68. The van der Waals surface area contributed by atoms with E-state index in [-0.39, 0.29) is 28.4 Å². The van der Waals surface area contributed by atoms with Crippen molar-refractivity contribution in [3.8, 4) is 0 Å². The number of hydrogen-bond donors (Lipinski definition) is 4. The molecule has 1 aromatic rings. The van der Waals surface area contributed by atoms with E-state index in [1.807, 2.05) is 20.2 Å². The molecule has 0 spiro atoms. The number of carbonyl (C=O) groups is 2. The lowest BCUT2D eigenvalue weighted by Gasteiger charge is -2.30. The number of hydrogen-bond acceptors (Lipinski definition) is 6. The molecule has 0 aromatic carbocycles. The Bertz CT molecular complexity index is 837.